The highest BCUT2D eigenvalue weighted by Crippen LogP contribution is 2.61. The van der Waals surface area contributed by atoms with Crippen molar-refractivity contribution in [2.45, 2.75) is 24.0 Å². The molecular formula is C17H19NO3. The molecule has 4 nitrogen and oxygen atoms in total. The second kappa shape index (κ2) is 3.62. The molecular weight excluding hydrogens is 266 g/mol. The van der Waals surface area contributed by atoms with Gasteiger partial charge in [0.2, 0.25) is 0 Å². The average molecular weight is 285 g/mol. The van der Waals surface area contributed by atoms with Gasteiger partial charge in [0, 0.05) is 35.4 Å². The number of benzene rings is 1. The Morgan fingerprint density at radius 1 is 1.33 bits per heavy atom. The molecule has 1 aromatic rings. The van der Waals surface area contributed by atoms with E-state index in [9.17, 15) is 10.2 Å². The second-order valence-electron chi connectivity index (χ2n) is 6.99. The van der Waals surface area contributed by atoms with Crippen LogP contribution in [0.3, 0.4) is 0 Å². The number of likely N-dealkylation sites (tertiary alicyclic amines) is 1. The highest BCUT2D eigenvalue weighted by atomic mass is 16.5. The molecule has 0 aromatic heterocycles. The van der Waals surface area contributed by atoms with Crippen LogP contribution in [-0.4, -0.2) is 47.5 Å². The van der Waals surface area contributed by atoms with E-state index in [2.05, 4.69) is 18.0 Å². The van der Waals surface area contributed by atoms with Crippen molar-refractivity contribution < 1.29 is 14.9 Å². The van der Waals surface area contributed by atoms with Gasteiger partial charge in [-0.2, -0.15) is 0 Å². The zero-order chi connectivity index (χ0) is 14.4. The SMILES string of the molecule is CN1CC23c4c5ccc(O)c4OCC2C(O)C=CC3C1C5. The molecule has 1 saturated heterocycles. The number of aromatic hydroxyl groups is 1. The number of nitrogens with zero attached hydrogens (tertiary/aromatic N) is 1. The normalized spacial score (nSPS) is 42.6. The van der Waals surface area contributed by atoms with Crippen molar-refractivity contribution in [3.63, 3.8) is 0 Å². The van der Waals surface area contributed by atoms with Crippen molar-refractivity contribution in [1.82, 2.24) is 4.90 Å². The highest BCUT2D eigenvalue weighted by Gasteiger charge is 2.63. The van der Waals surface area contributed by atoms with Crippen LogP contribution in [0.5, 0.6) is 11.5 Å². The third-order valence-corrected chi connectivity index (χ3v) is 6.20. The van der Waals surface area contributed by atoms with Crippen LogP contribution in [0.25, 0.3) is 0 Å². The Bertz CT molecular complexity index is 670. The molecule has 2 aliphatic carbocycles. The van der Waals surface area contributed by atoms with E-state index in [0.29, 0.717) is 24.3 Å². The minimum absolute atomic E-state index is 0.0771. The number of hydrogen-bond acceptors (Lipinski definition) is 4. The number of phenolic OH excluding ortho intramolecular Hbond substituents is 1. The summed E-state index contributed by atoms with van der Waals surface area (Å²) < 4.78 is 5.88. The van der Waals surface area contributed by atoms with Crippen molar-refractivity contribution in [1.29, 1.82) is 0 Å². The summed E-state index contributed by atoms with van der Waals surface area (Å²) in [6.45, 7) is 1.41. The van der Waals surface area contributed by atoms with Crippen molar-refractivity contribution in [2.24, 2.45) is 11.8 Å². The minimum atomic E-state index is -0.463. The monoisotopic (exact) mass is 285 g/mol. The molecule has 0 amide bonds. The first-order valence-corrected chi connectivity index (χ1v) is 7.67. The molecule has 2 bridgehead atoms. The Hall–Kier alpha value is -1.52. The second-order valence-corrected chi connectivity index (χ2v) is 6.99. The summed E-state index contributed by atoms with van der Waals surface area (Å²) in [5, 5.41) is 20.7. The van der Waals surface area contributed by atoms with Gasteiger partial charge >= 0.3 is 0 Å². The lowest BCUT2D eigenvalue weighted by Gasteiger charge is -2.52. The van der Waals surface area contributed by atoms with Crippen LogP contribution in [0.1, 0.15) is 11.1 Å². The first kappa shape index (κ1) is 12.1. The quantitative estimate of drug-likeness (QED) is 0.700. The fourth-order valence-corrected chi connectivity index (χ4v) is 5.39. The Morgan fingerprint density at radius 3 is 3.05 bits per heavy atom. The van der Waals surface area contributed by atoms with Gasteiger partial charge in [-0.05, 0) is 25.1 Å². The number of aliphatic hydroxyl groups is 1. The van der Waals surface area contributed by atoms with Gasteiger partial charge in [-0.15, -0.1) is 0 Å². The average Bonchev–Trinajstić information content (AvgIpc) is 2.66. The van der Waals surface area contributed by atoms with Crippen LogP contribution >= 0.6 is 0 Å². The zero-order valence-electron chi connectivity index (χ0n) is 12.0. The number of likely N-dealkylation sites (N-methyl/N-ethyl adjacent to an activating group) is 1. The molecule has 4 aliphatic rings. The van der Waals surface area contributed by atoms with Crippen LogP contribution in [0.2, 0.25) is 0 Å². The third kappa shape index (κ3) is 1.21. The van der Waals surface area contributed by atoms with Crippen LogP contribution < -0.4 is 4.74 Å². The number of phenols is 1. The van der Waals surface area contributed by atoms with E-state index in [4.69, 9.17) is 4.74 Å². The summed E-state index contributed by atoms with van der Waals surface area (Å²) in [5.41, 5.74) is 2.33. The maximum absolute atomic E-state index is 10.5. The van der Waals surface area contributed by atoms with Crippen LogP contribution in [0.15, 0.2) is 24.3 Å². The van der Waals surface area contributed by atoms with E-state index in [1.807, 2.05) is 12.1 Å². The van der Waals surface area contributed by atoms with Gasteiger partial charge in [-0.25, -0.2) is 0 Å². The van der Waals surface area contributed by atoms with Crippen LogP contribution in [-0.2, 0) is 11.8 Å². The van der Waals surface area contributed by atoms with E-state index < -0.39 is 6.10 Å². The Labute approximate surface area is 123 Å². The smallest absolute Gasteiger partial charge is 0.165 e. The summed E-state index contributed by atoms with van der Waals surface area (Å²) in [6.07, 6.45) is 4.68. The fourth-order valence-electron chi connectivity index (χ4n) is 5.39. The Balaban J connectivity index is 1.86. The number of aliphatic hydroxyl groups excluding tert-OH is 1. The maximum Gasteiger partial charge on any atom is 0.165 e. The molecule has 2 N–H and O–H groups in total. The first-order chi connectivity index (χ1) is 10.1. The molecule has 110 valence electrons. The van der Waals surface area contributed by atoms with E-state index in [1.165, 1.54) is 5.56 Å². The summed E-state index contributed by atoms with van der Waals surface area (Å²) in [4.78, 5) is 2.42. The van der Waals surface area contributed by atoms with Gasteiger partial charge in [-0.1, -0.05) is 18.2 Å². The van der Waals surface area contributed by atoms with Gasteiger partial charge < -0.3 is 19.8 Å². The van der Waals surface area contributed by atoms with E-state index in [-0.39, 0.29) is 17.1 Å². The van der Waals surface area contributed by atoms with Crippen molar-refractivity contribution in [3.8, 4) is 11.5 Å². The van der Waals surface area contributed by atoms with Gasteiger partial charge in [0.15, 0.2) is 11.5 Å². The predicted octanol–water partition coefficient (Wildman–Crippen LogP) is 1.06. The van der Waals surface area contributed by atoms with E-state index in [1.54, 1.807) is 6.07 Å². The zero-order valence-corrected chi connectivity index (χ0v) is 12.0. The standard InChI is InChI=1S/C17H19NO3/c1-18-8-17-10-3-5-13(19)11(17)7-21-16-14(20)4-2-9(15(16)17)6-12(10)18/h2-5,10-13,19-20H,6-8H2,1H3. The van der Waals surface area contributed by atoms with E-state index in [0.717, 1.165) is 18.5 Å². The lowest BCUT2D eigenvalue weighted by Crippen LogP contribution is -2.56. The Kier molecular flexibility index (Phi) is 2.08. The minimum Gasteiger partial charge on any atom is -0.504 e. The van der Waals surface area contributed by atoms with Crippen LogP contribution in [0, 0.1) is 11.8 Å². The Morgan fingerprint density at radius 2 is 2.19 bits per heavy atom. The van der Waals surface area contributed by atoms with Gasteiger partial charge in [0.25, 0.3) is 0 Å². The fraction of sp³-hybridized carbons (Fsp3) is 0.529. The van der Waals surface area contributed by atoms with Crippen molar-refractivity contribution >= 4 is 0 Å². The largest absolute Gasteiger partial charge is 0.504 e. The predicted molar refractivity (Wildman–Crippen MR) is 77.5 cm³/mol. The first-order valence-electron chi connectivity index (χ1n) is 7.67. The molecule has 1 spiro atoms. The molecule has 21 heavy (non-hydrogen) atoms. The molecule has 4 heteroatoms. The third-order valence-electron chi connectivity index (χ3n) is 6.20. The van der Waals surface area contributed by atoms with Crippen molar-refractivity contribution in [2.75, 3.05) is 20.2 Å². The summed E-state index contributed by atoms with van der Waals surface area (Å²) in [5.74, 6) is 1.38. The molecule has 5 rings (SSSR count). The topological polar surface area (TPSA) is 52.9 Å². The van der Waals surface area contributed by atoms with Gasteiger partial charge in [0.05, 0.1) is 12.7 Å². The molecule has 1 aromatic carbocycles. The molecule has 1 fully saturated rings. The summed E-state index contributed by atoms with van der Waals surface area (Å²) in [7, 11) is 2.18. The number of hydrogen-bond donors (Lipinski definition) is 2. The van der Waals surface area contributed by atoms with Crippen molar-refractivity contribution in [3.05, 3.63) is 35.4 Å². The molecule has 5 unspecified atom stereocenters. The number of rotatable bonds is 0. The maximum atomic E-state index is 10.5. The molecule has 2 aliphatic heterocycles. The summed E-state index contributed by atoms with van der Waals surface area (Å²) in [6, 6.07) is 4.27. The summed E-state index contributed by atoms with van der Waals surface area (Å²) >= 11 is 0. The lowest BCUT2D eigenvalue weighted by molar-refractivity contribution is 0.0131. The van der Waals surface area contributed by atoms with Gasteiger partial charge in [0.1, 0.15) is 0 Å². The number of ether oxygens (including phenoxy) is 1. The lowest BCUT2D eigenvalue weighted by atomic mass is 9.54. The molecule has 0 radical (unpaired) electrons. The molecule has 2 heterocycles. The van der Waals surface area contributed by atoms with E-state index >= 15 is 0 Å². The molecule has 5 atom stereocenters. The van der Waals surface area contributed by atoms with Crippen LogP contribution in [0.4, 0.5) is 0 Å². The highest BCUT2D eigenvalue weighted by molar-refractivity contribution is 5.60. The van der Waals surface area contributed by atoms with Gasteiger partial charge in [-0.3, -0.25) is 0 Å². The molecule has 0 saturated carbocycles.